The Bertz CT molecular complexity index is 434. The Labute approximate surface area is 112 Å². The third-order valence-corrected chi connectivity index (χ3v) is 3.44. The normalized spacial score (nSPS) is 18.2. The average molecular weight is 268 g/mol. The number of halogens is 1. The Morgan fingerprint density at radius 2 is 2.39 bits per heavy atom. The number of rotatable bonds is 4. The molecule has 1 aliphatic heterocycles. The molecule has 0 bridgehead atoms. The number of benzene rings is 1. The number of nitrogens with one attached hydrogen (secondary N) is 1. The van der Waals surface area contributed by atoms with E-state index in [1.165, 1.54) is 11.1 Å². The summed E-state index contributed by atoms with van der Waals surface area (Å²) in [6.07, 6.45) is 2.22. The van der Waals surface area contributed by atoms with E-state index in [9.17, 15) is 4.79 Å². The Balaban J connectivity index is 2.01. The lowest BCUT2D eigenvalue weighted by atomic mass is 9.92. The molecule has 1 aromatic rings. The van der Waals surface area contributed by atoms with Crippen molar-refractivity contribution in [3.63, 3.8) is 0 Å². The van der Waals surface area contributed by atoms with Gasteiger partial charge in [-0.25, -0.2) is 0 Å². The van der Waals surface area contributed by atoms with Gasteiger partial charge in [-0.3, -0.25) is 4.79 Å². The van der Waals surface area contributed by atoms with Crippen LogP contribution in [-0.2, 0) is 16.0 Å². The molecule has 0 aliphatic carbocycles. The van der Waals surface area contributed by atoms with Gasteiger partial charge in [-0.1, -0.05) is 17.7 Å². The van der Waals surface area contributed by atoms with Gasteiger partial charge in [0.1, 0.15) is 0 Å². The number of ether oxygens (including phenoxy) is 1. The second-order valence-corrected chi connectivity index (χ2v) is 4.88. The third-order valence-electron chi connectivity index (χ3n) is 3.21. The summed E-state index contributed by atoms with van der Waals surface area (Å²) < 4.78 is 4.95. The number of hydrogen-bond donors (Lipinski definition) is 1. The van der Waals surface area contributed by atoms with Crippen LogP contribution in [0.4, 0.5) is 0 Å². The number of carbonyl (C=O) groups excluding carboxylic acids is 1. The molecule has 4 heteroatoms. The lowest BCUT2D eigenvalue weighted by Crippen LogP contribution is -2.30. The minimum atomic E-state index is -0.125. The lowest BCUT2D eigenvalue weighted by molar-refractivity contribution is -0.143. The van der Waals surface area contributed by atoms with E-state index >= 15 is 0 Å². The average Bonchev–Trinajstić information content (AvgIpc) is 2.36. The van der Waals surface area contributed by atoms with Crippen LogP contribution in [0.3, 0.4) is 0 Å². The van der Waals surface area contributed by atoms with Crippen LogP contribution in [0.15, 0.2) is 18.2 Å². The maximum atomic E-state index is 11.4. The van der Waals surface area contributed by atoms with E-state index in [0.29, 0.717) is 13.0 Å². The molecule has 0 fully saturated rings. The van der Waals surface area contributed by atoms with Gasteiger partial charge < -0.3 is 10.1 Å². The van der Waals surface area contributed by atoms with Gasteiger partial charge in [-0.15, -0.1) is 0 Å². The maximum Gasteiger partial charge on any atom is 0.305 e. The number of fused-ring (bicyclic) bond motifs is 1. The molecule has 1 atom stereocenters. The van der Waals surface area contributed by atoms with Crippen LogP contribution in [0.2, 0.25) is 5.02 Å². The summed E-state index contributed by atoms with van der Waals surface area (Å²) in [6, 6.07) is 6.22. The van der Waals surface area contributed by atoms with Crippen molar-refractivity contribution < 1.29 is 9.53 Å². The summed E-state index contributed by atoms with van der Waals surface area (Å²) >= 11 is 6.00. The van der Waals surface area contributed by atoms with E-state index in [1.54, 1.807) is 0 Å². The van der Waals surface area contributed by atoms with Crippen LogP contribution in [-0.4, -0.2) is 19.1 Å². The molecule has 0 aromatic heterocycles. The number of esters is 1. The predicted octanol–water partition coefficient (Wildman–Crippen LogP) is 2.87. The van der Waals surface area contributed by atoms with Crippen molar-refractivity contribution in [2.45, 2.75) is 32.2 Å². The fourth-order valence-electron chi connectivity index (χ4n) is 2.37. The second-order valence-electron chi connectivity index (χ2n) is 4.44. The number of carbonyl (C=O) groups is 1. The maximum absolute atomic E-state index is 11.4. The van der Waals surface area contributed by atoms with Crippen LogP contribution in [0.1, 0.15) is 36.9 Å². The van der Waals surface area contributed by atoms with E-state index in [2.05, 4.69) is 11.4 Å². The smallest absolute Gasteiger partial charge is 0.305 e. The fourth-order valence-corrected chi connectivity index (χ4v) is 2.57. The molecule has 3 nitrogen and oxygen atoms in total. The topological polar surface area (TPSA) is 38.3 Å². The van der Waals surface area contributed by atoms with Crippen LogP contribution >= 0.6 is 11.6 Å². The molecule has 0 unspecified atom stereocenters. The zero-order chi connectivity index (χ0) is 13.0. The van der Waals surface area contributed by atoms with Gasteiger partial charge in [0.2, 0.25) is 0 Å². The van der Waals surface area contributed by atoms with Crippen molar-refractivity contribution in [2.75, 3.05) is 13.2 Å². The largest absolute Gasteiger partial charge is 0.466 e. The van der Waals surface area contributed by atoms with Crippen LogP contribution < -0.4 is 5.32 Å². The van der Waals surface area contributed by atoms with Crippen LogP contribution in [0.5, 0.6) is 0 Å². The molecule has 0 spiro atoms. The molecular formula is C14H18ClNO2. The first kappa shape index (κ1) is 13.4. The van der Waals surface area contributed by atoms with Crippen molar-refractivity contribution in [2.24, 2.45) is 0 Å². The molecule has 1 heterocycles. The Morgan fingerprint density at radius 3 is 3.17 bits per heavy atom. The summed E-state index contributed by atoms with van der Waals surface area (Å²) in [7, 11) is 0. The highest BCUT2D eigenvalue weighted by Crippen LogP contribution is 2.28. The molecule has 0 saturated heterocycles. The summed E-state index contributed by atoms with van der Waals surface area (Å²) in [6.45, 7) is 3.21. The zero-order valence-electron chi connectivity index (χ0n) is 10.5. The first-order valence-corrected chi connectivity index (χ1v) is 6.76. The molecule has 0 amide bonds. The van der Waals surface area contributed by atoms with E-state index in [4.69, 9.17) is 16.3 Å². The predicted molar refractivity (Wildman–Crippen MR) is 71.8 cm³/mol. The molecule has 1 aliphatic rings. The van der Waals surface area contributed by atoms with Crippen LogP contribution in [0.25, 0.3) is 0 Å². The molecule has 18 heavy (non-hydrogen) atoms. The van der Waals surface area contributed by atoms with Crippen molar-refractivity contribution >= 4 is 17.6 Å². The van der Waals surface area contributed by atoms with E-state index in [-0.39, 0.29) is 12.0 Å². The van der Waals surface area contributed by atoms with Gasteiger partial charge in [-0.2, -0.15) is 0 Å². The van der Waals surface area contributed by atoms with Gasteiger partial charge >= 0.3 is 5.97 Å². The Morgan fingerprint density at radius 1 is 1.56 bits per heavy atom. The van der Waals surface area contributed by atoms with Gasteiger partial charge in [0, 0.05) is 17.5 Å². The van der Waals surface area contributed by atoms with E-state index in [0.717, 1.165) is 24.4 Å². The highest BCUT2D eigenvalue weighted by Gasteiger charge is 2.20. The van der Waals surface area contributed by atoms with Crippen molar-refractivity contribution in [1.29, 1.82) is 0 Å². The standard InChI is InChI=1S/C14H18ClNO2/c1-2-18-14(17)6-5-13-12-4-3-11(15)9-10(12)7-8-16-13/h3-4,9,13,16H,2,5-8H2,1H3/t13-/m1/s1. The zero-order valence-corrected chi connectivity index (χ0v) is 11.3. The second kappa shape index (κ2) is 6.21. The van der Waals surface area contributed by atoms with E-state index in [1.807, 2.05) is 19.1 Å². The van der Waals surface area contributed by atoms with Gasteiger partial charge in [0.25, 0.3) is 0 Å². The minimum absolute atomic E-state index is 0.125. The molecule has 1 aromatic carbocycles. The third kappa shape index (κ3) is 3.24. The Hall–Kier alpha value is -1.06. The molecule has 1 N–H and O–H groups in total. The number of hydrogen-bond acceptors (Lipinski definition) is 3. The van der Waals surface area contributed by atoms with E-state index < -0.39 is 0 Å². The quantitative estimate of drug-likeness (QED) is 0.853. The molecule has 0 saturated carbocycles. The molecular weight excluding hydrogens is 250 g/mol. The van der Waals surface area contributed by atoms with Crippen molar-refractivity contribution in [3.8, 4) is 0 Å². The van der Waals surface area contributed by atoms with Crippen LogP contribution in [0, 0.1) is 0 Å². The molecule has 0 radical (unpaired) electrons. The summed E-state index contributed by atoms with van der Waals surface area (Å²) in [5, 5.41) is 4.22. The monoisotopic (exact) mass is 267 g/mol. The minimum Gasteiger partial charge on any atom is -0.466 e. The van der Waals surface area contributed by atoms with Gasteiger partial charge in [0.15, 0.2) is 0 Å². The lowest BCUT2D eigenvalue weighted by Gasteiger charge is -2.27. The molecule has 98 valence electrons. The summed E-state index contributed by atoms with van der Waals surface area (Å²) in [4.78, 5) is 11.4. The molecule has 2 rings (SSSR count). The first-order chi connectivity index (χ1) is 8.70. The summed E-state index contributed by atoms with van der Waals surface area (Å²) in [5.41, 5.74) is 2.55. The van der Waals surface area contributed by atoms with Crippen molar-refractivity contribution in [1.82, 2.24) is 5.32 Å². The van der Waals surface area contributed by atoms with Crippen molar-refractivity contribution in [3.05, 3.63) is 34.3 Å². The highest BCUT2D eigenvalue weighted by molar-refractivity contribution is 6.30. The first-order valence-electron chi connectivity index (χ1n) is 6.38. The van der Waals surface area contributed by atoms with Gasteiger partial charge in [-0.05, 0) is 49.6 Å². The summed E-state index contributed by atoms with van der Waals surface area (Å²) in [5.74, 6) is -0.125. The SMILES string of the molecule is CCOC(=O)CC[C@H]1NCCc2cc(Cl)ccc21. The Kier molecular flexibility index (Phi) is 4.61. The fraction of sp³-hybridized carbons (Fsp3) is 0.500. The highest BCUT2D eigenvalue weighted by atomic mass is 35.5. The van der Waals surface area contributed by atoms with Gasteiger partial charge in [0.05, 0.1) is 6.61 Å².